The van der Waals surface area contributed by atoms with E-state index in [-0.39, 0.29) is 36.8 Å². The molecule has 2 saturated heterocycles. The molecule has 7 nitrogen and oxygen atoms in total. The summed E-state index contributed by atoms with van der Waals surface area (Å²) in [4.78, 5) is 40.7. The highest BCUT2D eigenvalue weighted by Crippen LogP contribution is 2.33. The largest absolute Gasteiger partial charge is 0.370 e. The van der Waals surface area contributed by atoms with Crippen molar-refractivity contribution < 1.29 is 19.1 Å². The first-order valence-corrected chi connectivity index (χ1v) is 11.0. The Kier molecular flexibility index (Phi) is 5.91. The predicted molar refractivity (Wildman–Crippen MR) is 115 cm³/mol. The zero-order chi connectivity index (χ0) is 20.5. The zero-order valence-corrected chi connectivity index (χ0v) is 18.3. The number of ether oxygens (including phenoxy) is 1. The third kappa shape index (κ3) is 4.32. The maximum absolute atomic E-state index is 12.5. The number of hydrogen-bond acceptors (Lipinski definition) is 5. The smallest absolute Gasteiger partial charge is 0.261 e. The summed E-state index contributed by atoms with van der Waals surface area (Å²) in [6.45, 7) is 1.29. The number of carbonyl (C=O) groups is 3. The van der Waals surface area contributed by atoms with Gasteiger partial charge in [0, 0.05) is 25.2 Å². The Morgan fingerprint density at radius 2 is 2.03 bits per heavy atom. The molecule has 0 spiro atoms. The number of amides is 3. The molecule has 3 amide bonds. The lowest BCUT2D eigenvalue weighted by molar-refractivity contribution is -0.125. The van der Waals surface area contributed by atoms with Gasteiger partial charge >= 0.3 is 0 Å². The zero-order valence-electron chi connectivity index (χ0n) is 15.2. The molecule has 1 aromatic carbocycles. The number of halogens is 2. The Balaban J connectivity index is 1.46. The highest BCUT2D eigenvalue weighted by Gasteiger charge is 2.32. The van der Waals surface area contributed by atoms with E-state index >= 15 is 0 Å². The van der Waals surface area contributed by atoms with Crippen LogP contribution >= 0.6 is 38.9 Å². The molecule has 29 heavy (non-hydrogen) atoms. The summed E-state index contributed by atoms with van der Waals surface area (Å²) in [5.74, 6) is -0.431. The summed E-state index contributed by atoms with van der Waals surface area (Å²) in [5, 5.41) is 3.30. The number of morpholine rings is 1. The van der Waals surface area contributed by atoms with Crippen LogP contribution in [0.1, 0.15) is 16.1 Å². The van der Waals surface area contributed by atoms with Crippen LogP contribution in [0.5, 0.6) is 0 Å². The minimum absolute atomic E-state index is 0.0326. The summed E-state index contributed by atoms with van der Waals surface area (Å²) in [6, 6.07) is 8.46. The van der Waals surface area contributed by atoms with Gasteiger partial charge in [0.05, 0.1) is 32.0 Å². The van der Waals surface area contributed by atoms with Crippen molar-refractivity contribution in [2.75, 3.05) is 36.1 Å². The van der Waals surface area contributed by atoms with Gasteiger partial charge in [-0.15, -0.1) is 11.3 Å². The van der Waals surface area contributed by atoms with Crippen molar-refractivity contribution in [3.05, 3.63) is 44.0 Å². The van der Waals surface area contributed by atoms with E-state index in [0.717, 1.165) is 3.79 Å². The molecule has 10 heteroatoms. The Morgan fingerprint density at radius 3 is 2.72 bits per heavy atom. The Bertz CT molecular complexity index is 982. The number of nitrogens with zero attached hydrogens (tertiary/aromatic N) is 2. The molecule has 152 valence electrons. The van der Waals surface area contributed by atoms with Crippen LogP contribution in [0.2, 0.25) is 5.02 Å². The maximum Gasteiger partial charge on any atom is 0.261 e. The number of benzene rings is 1. The molecule has 0 bridgehead atoms. The highest BCUT2D eigenvalue weighted by molar-refractivity contribution is 9.11. The van der Waals surface area contributed by atoms with Gasteiger partial charge in [0.1, 0.15) is 6.61 Å². The van der Waals surface area contributed by atoms with Gasteiger partial charge in [-0.1, -0.05) is 11.6 Å². The van der Waals surface area contributed by atoms with E-state index < -0.39 is 0 Å². The fraction of sp³-hybridized carbons (Fsp3) is 0.316. The summed E-state index contributed by atoms with van der Waals surface area (Å²) < 4.78 is 6.02. The van der Waals surface area contributed by atoms with Gasteiger partial charge in [0.2, 0.25) is 5.91 Å². The fourth-order valence-corrected chi connectivity index (χ4v) is 4.97. The van der Waals surface area contributed by atoms with Crippen LogP contribution in [-0.2, 0) is 14.3 Å². The maximum atomic E-state index is 12.5. The Labute approximate surface area is 184 Å². The molecule has 2 aliphatic heterocycles. The van der Waals surface area contributed by atoms with Gasteiger partial charge < -0.3 is 19.9 Å². The molecule has 1 atom stereocenters. The standard InChI is InChI=1S/C19H17BrClN3O4S/c20-16-4-3-15(29-16)19(27)22-11-7-17(25)24(9-11)12-1-2-14(13(21)8-12)23-5-6-28-10-18(23)26/h1-4,8,11H,5-7,9-10H2,(H,22,27)/t11-/m1/s1. The number of hydrogen-bond donors (Lipinski definition) is 1. The molecule has 2 aliphatic rings. The second-order valence-electron chi connectivity index (χ2n) is 6.72. The second-order valence-corrected chi connectivity index (χ2v) is 9.59. The number of carbonyl (C=O) groups excluding carboxylic acids is 3. The summed E-state index contributed by atoms with van der Waals surface area (Å²) in [6.07, 6.45) is 0.222. The topological polar surface area (TPSA) is 79.0 Å². The van der Waals surface area contributed by atoms with E-state index in [2.05, 4.69) is 21.2 Å². The molecular formula is C19H17BrClN3O4S. The average Bonchev–Trinajstić information content (AvgIpc) is 3.28. The van der Waals surface area contributed by atoms with Crippen molar-refractivity contribution in [3.8, 4) is 0 Å². The van der Waals surface area contributed by atoms with E-state index in [9.17, 15) is 14.4 Å². The van der Waals surface area contributed by atoms with Gasteiger partial charge in [0.15, 0.2) is 0 Å². The van der Waals surface area contributed by atoms with Gasteiger partial charge in [-0.25, -0.2) is 0 Å². The molecule has 2 aromatic rings. The first-order valence-electron chi connectivity index (χ1n) is 8.96. The predicted octanol–water partition coefficient (Wildman–Crippen LogP) is 3.06. The molecule has 4 rings (SSSR count). The number of thiophene rings is 1. The van der Waals surface area contributed by atoms with Gasteiger partial charge in [-0.05, 0) is 46.3 Å². The average molecular weight is 499 g/mol. The van der Waals surface area contributed by atoms with Crippen LogP contribution in [0, 0.1) is 0 Å². The lowest BCUT2D eigenvalue weighted by atomic mass is 10.2. The number of anilines is 2. The van der Waals surface area contributed by atoms with Gasteiger partial charge in [-0.3, -0.25) is 14.4 Å². The third-order valence-electron chi connectivity index (χ3n) is 4.78. The van der Waals surface area contributed by atoms with Crippen molar-refractivity contribution in [2.45, 2.75) is 12.5 Å². The first-order chi connectivity index (χ1) is 13.9. The van der Waals surface area contributed by atoms with E-state index in [1.165, 1.54) is 11.3 Å². The molecular weight excluding hydrogens is 482 g/mol. The SMILES string of the molecule is O=C(N[C@@H]1CC(=O)N(c2ccc(N3CCOCC3=O)c(Cl)c2)C1)c1ccc(Br)s1. The lowest BCUT2D eigenvalue weighted by Crippen LogP contribution is -2.41. The van der Waals surface area contributed by atoms with E-state index in [0.29, 0.717) is 41.0 Å². The first kappa shape index (κ1) is 20.3. The van der Waals surface area contributed by atoms with Crippen LogP contribution in [0.4, 0.5) is 11.4 Å². The van der Waals surface area contributed by atoms with E-state index in [1.807, 2.05) is 6.07 Å². The quantitative estimate of drug-likeness (QED) is 0.703. The molecule has 0 radical (unpaired) electrons. The van der Waals surface area contributed by atoms with Crippen LogP contribution in [0.25, 0.3) is 0 Å². The minimum Gasteiger partial charge on any atom is -0.370 e. The van der Waals surface area contributed by atoms with Crippen LogP contribution in [0.15, 0.2) is 34.1 Å². The van der Waals surface area contributed by atoms with Crippen molar-refractivity contribution in [1.29, 1.82) is 0 Å². The molecule has 0 unspecified atom stereocenters. The van der Waals surface area contributed by atoms with E-state index in [1.54, 1.807) is 34.1 Å². The van der Waals surface area contributed by atoms with Crippen LogP contribution < -0.4 is 15.1 Å². The normalized spacial score (nSPS) is 19.7. The van der Waals surface area contributed by atoms with Crippen molar-refractivity contribution >= 4 is 68.0 Å². The van der Waals surface area contributed by atoms with Crippen LogP contribution in [-0.4, -0.2) is 50.1 Å². The van der Waals surface area contributed by atoms with Gasteiger partial charge in [-0.2, -0.15) is 0 Å². The number of rotatable bonds is 4. The summed E-state index contributed by atoms with van der Waals surface area (Å²) in [5.41, 5.74) is 1.24. The van der Waals surface area contributed by atoms with Crippen molar-refractivity contribution in [3.63, 3.8) is 0 Å². The second kappa shape index (κ2) is 8.43. The van der Waals surface area contributed by atoms with E-state index in [4.69, 9.17) is 16.3 Å². The van der Waals surface area contributed by atoms with Crippen LogP contribution in [0.3, 0.4) is 0 Å². The Morgan fingerprint density at radius 1 is 1.21 bits per heavy atom. The third-order valence-corrected chi connectivity index (χ3v) is 6.70. The molecule has 2 fully saturated rings. The molecule has 0 aliphatic carbocycles. The highest BCUT2D eigenvalue weighted by atomic mass is 79.9. The molecule has 1 aromatic heterocycles. The fourth-order valence-electron chi connectivity index (χ4n) is 3.40. The monoisotopic (exact) mass is 497 g/mol. The lowest BCUT2D eigenvalue weighted by Gasteiger charge is -2.28. The van der Waals surface area contributed by atoms with Crippen molar-refractivity contribution in [1.82, 2.24) is 5.32 Å². The molecule has 3 heterocycles. The Hall–Kier alpha value is -1.94. The summed E-state index contributed by atoms with van der Waals surface area (Å²) in [7, 11) is 0. The molecule has 0 saturated carbocycles. The van der Waals surface area contributed by atoms with Crippen molar-refractivity contribution in [2.24, 2.45) is 0 Å². The molecule has 1 N–H and O–H groups in total. The van der Waals surface area contributed by atoms with Gasteiger partial charge in [0.25, 0.3) is 11.8 Å². The summed E-state index contributed by atoms with van der Waals surface area (Å²) >= 11 is 11.1. The minimum atomic E-state index is -0.282. The number of nitrogens with one attached hydrogen (secondary N) is 1.